The van der Waals surface area contributed by atoms with Crippen LogP contribution in [0.25, 0.3) is 0 Å². The van der Waals surface area contributed by atoms with Crippen molar-refractivity contribution in [1.29, 1.82) is 0 Å². The fourth-order valence-electron chi connectivity index (χ4n) is 5.05. The highest BCUT2D eigenvalue weighted by molar-refractivity contribution is 5.87. The number of aliphatic hydroxyl groups excluding tert-OH is 1. The topological polar surface area (TPSA) is 46.5 Å². The Morgan fingerprint density at radius 1 is 1.21 bits per heavy atom. The van der Waals surface area contributed by atoms with E-state index in [2.05, 4.69) is 6.58 Å². The molecule has 0 radical (unpaired) electrons. The van der Waals surface area contributed by atoms with E-state index in [1.54, 1.807) is 6.92 Å². The number of rotatable bonds is 4. The third kappa shape index (κ3) is 2.33. The maximum Gasteiger partial charge on any atom is 0.333 e. The van der Waals surface area contributed by atoms with Crippen molar-refractivity contribution in [3.8, 4) is 0 Å². The third-order valence-corrected chi connectivity index (χ3v) is 5.52. The van der Waals surface area contributed by atoms with Gasteiger partial charge in [0.1, 0.15) is 6.10 Å². The van der Waals surface area contributed by atoms with Crippen LogP contribution in [0.1, 0.15) is 39.0 Å². The highest BCUT2D eigenvalue weighted by atomic mass is 16.6. The Morgan fingerprint density at radius 3 is 2.16 bits per heavy atom. The van der Waals surface area contributed by atoms with Crippen molar-refractivity contribution in [2.75, 3.05) is 6.61 Å². The van der Waals surface area contributed by atoms with Crippen LogP contribution in [-0.4, -0.2) is 23.8 Å². The van der Waals surface area contributed by atoms with Gasteiger partial charge in [-0.15, -0.1) is 0 Å². The van der Waals surface area contributed by atoms with E-state index in [9.17, 15) is 9.90 Å². The van der Waals surface area contributed by atoms with Crippen LogP contribution in [0.15, 0.2) is 12.2 Å². The molecule has 0 heterocycles. The zero-order valence-corrected chi connectivity index (χ0v) is 11.7. The Labute approximate surface area is 115 Å². The van der Waals surface area contributed by atoms with Crippen LogP contribution in [0.2, 0.25) is 0 Å². The molecule has 1 unspecified atom stereocenters. The van der Waals surface area contributed by atoms with Crippen LogP contribution < -0.4 is 0 Å². The molecule has 4 saturated carbocycles. The number of aliphatic hydroxyl groups is 1. The molecular formula is C16H24O3. The van der Waals surface area contributed by atoms with Crippen molar-refractivity contribution in [3.63, 3.8) is 0 Å². The summed E-state index contributed by atoms with van der Waals surface area (Å²) in [7, 11) is 0. The second-order valence-corrected chi connectivity index (χ2v) is 6.91. The average molecular weight is 264 g/mol. The Balaban J connectivity index is 1.73. The van der Waals surface area contributed by atoms with Gasteiger partial charge in [-0.1, -0.05) is 6.58 Å². The first kappa shape index (κ1) is 13.2. The minimum Gasteiger partial charge on any atom is -0.456 e. The molecule has 0 aliphatic heterocycles. The normalized spacial score (nSPS) is 41.1. The third-order valence-electron chi connectivity index (χ3n) is 5.52. The Morgan fingerprint density at radius 2 is 1.74 bits per heavy atom. The standard InChI is InChI=1S/C16H24O3/c1-9(2)16(18)19-14(8-17)15-12-4-10-3-11(6-12)7-13(15)5-10/h10-15,17H,1,3-8H2,2H3. The molecule has 3 heteroatoms. The van der Waals surface area contributed by atoms with Gasteiger partial charge in [-0.05, 0) is 62.7 Å². The van der Waals surface area contributed by atoms with Gasteiger partial charge in [0.15, 0.2) is 0 Å². The largest absolute Gasteiger partial charge is 0.456 e. The number of carbonyl (C=O) groups excluding carboxylic acids is 1. The molecule has 3 nitrogen and oxygen atoms in total. The summed E-state index contributed by atoms with van der Waals surface area (Å²) in [6.45, 7) is 5.23. The molecule has 4 rings (SSSR count). The first-order valence-electron chi connectivity index (χ1n) is 7.55. The van der Waals surface area contributed by atoms with E-state index in [1.807, 2.05) is 0 Å². The summed E-state index contributed by atoms with van der Waals surface area (Å²) in [6, 6.07) is 0. The van der Waals surface area contributed by atoms with Crippen molar-refractivity contribution >= 4 is 5.97 Å². The van der Waals surface area contributed by atoms with Gasteiger partial charge in [0.05, 0.1) is 6.61 Å². The molecule has 4 fully saturated rings. The summed E-state index contributed by atoms with van der Waals surface area (Å²) in [6.07, 6.45) is 6.20. The molecule has 0 saturated heterocycles. The predicted octanol–water partition coefficient (Wildman–Crippen LogP) is 2.54. The summed E-state index contributed by atoms with van der Waals surface area (Å²) < 4.78 is 5.50. The van der Waals surface area contributed by atoms with Gasteiger partial charge in [-0.3, -0.25) is 0 Å². The van der Waals surface area contributed by atoms with Gasteiger partial charge >= 0.3 is 5.97 Å². The summed E-state index contributed by atoms with van der Waals surface area (Å²) in [5, 5.41) is 9.63. The number of esters is 1. The molecule has 1 atom stereocenters. The second-order valence-electron chi connectivity index (χ2n) is 6.91. The maximum atomic E-state index is 11.7. The zero-order chi connectivity index (χ0) is 13.6. The Kier molecular flexibility index (Phi) is 3.42. The van der Waals surface area contributed by atoms with E-state index < -0.39 is 0 Å². The summed E-state index contributed by atoms with van der Waals surface area (Å²) in [5.41, 5.74) is 0.419. The maximum absolute atomic E-state index is 11.7. The molecule has 0 aromatic rings. The van der Waals surface area contributed by atoms with Crippen molar-refractivity contribution in [1.82, 2.24) is 0 Å². The smallest absolute Gasteiger partial charge is 0.333 e. The quantitative estimate of drug-likeness (QED) is 0.627. The number of carbonyl (C=O) groups is 1. The van der Waals surface area contributed by atoms with Gasteiger partial charge in [-0.25, -0.2) is 4.79 Å². The molecule has 4 aliphatic rings. The molecule has 106 valence electrons. The summed E-state index contributed by atoms with van der Waals surface area (Å²) in [4.78, 5) is 11.7. The minimum atomic E-state index is -0.354. The van der Waals surface area contributed by atoms with Gasteiger partial charge in [0.25, 0.3) is 0 Å². The van der Waals surface area contributed by atoms with Crippen LogP contribution >= 0.6 is 0 Å². The van der Waals surface area contributed by atoms with Crippen LogP contribution in [-0.2, 0) is 9.53 Å². The number of hydrogen-bond acceptors (Lipinski definition) is 3. The fraction of sp³-hybridized carbons (Fsp3) is 0.812. The molecule has 4 bridgehead atoms. The fourth-order valence-corrected chi connectivity index (χ4v) is 5.05. The molecule has 0 amide bonds. The monoisotopic (exact) mass is 264 g/mol. The Hall–Kier alpha value is -0.830. The van der Waals surface area contributed by atoms with Crippen molar-refractivity contribution in [2.24, 2.45) is 29.6 Å². The van der Waals surface area contributed by atoms with Crippen LogP contribution in [0, 0.1) is 29.6 Å². The van der Waals surface area contributed by atoms with Crippen LogP contribution in [0.4, 0.5) is 0 Å². The van der Waals surface area contributed by atoms with E-state index in [1.165, 1.54) is 32.1 Å². The lowest BCUT2D eigenvalue weighted by Gasteiger charge is -2.55. The summed E-state index contributed by atoms with van der Waals surface area (Å²) in [5.74, 6) is 3.14. The van der Waals surface area contributed by atoms with Gasteiger partial charge < -0.3 is 9.84 Å². The Bertz CT molecular complexity index is 359. The van der Waals surface area contributed by atoms with E-state index in [4.69, 9.17) is 4.74 Å². The van der Waals surface area contributed by atoms with Gasteiger partial charge in [-0.2, -0.15) is 0 Å². The first-order valence-corrected chi connectivity index (χ1v) is 7.55. The second kappa shape index (κ2) is 4.93. The van der Waals surface area contributed by atoms with Gasteiger partial charge in [0.2, 0.25) is 0 Å². The lowest BCUT2D eigenvalue weighted by Crippen LogP contribution is -2.51. The van der Waals surface area contributed by atoms with Crippen molar-refractivity contribution in [3.05, 3.63) is 12.2 Å². The first-order chi connectivity index (χ1) is 9.08. The summed E-state index contributed by atoms with van der Waals surface area (Å²) >= 11 is 0. The van der Waals surface area contributed by atoms with E-state index in [0.29, 0.717) is 23.3 Å². The molecule has 0 aromatic heterocycles. The predicted molar refractivity (Wildman–Crippen MR) is 72.3 cm³/mol. The number of ether oxygens (including phenoxy) is 1. The lowest BCUT2D eigenvalue weighted by atomic mass is 9.51. The van der Waals surface area contributed by atoms with Crippen LogP contribution in [0.3, 0.4) is 0 Å². The van der Waals surface area contributed by atoms with Crippen molar-refractivity contribution in [2.45, 2.75) is 45.1 Å². The SMILES string of the molecule is C=C(C)C(=O)OC(CO)C1C2CC3CC(C2)CC1C3. The van der Waals surface area contributed by atoms with E-state index >= 15 is 0 Å². The van der Waals surface area contributed by atoms with Crippen molar-refractivity contribution < 1.29 is 14.6 Å². The minimum absolute atomic E-state index is 0.0496. The highest BCUT2D eigenvalue weighted by Gasteiger charge is 2.51. The van der Waals surface area contributed by atoms with E-state index in [0.717, 1.165) is 11.8 Å². The molecule has 0 aromatic carbocycles. The molecule has 4 aliphatic carbocycles. The van der Waals surface area contributed by atoms with Crippen LogP contribution in [0.5, 0.6) is 0 Å². The average Bonchev–Trinajstić information content (AvgIpc) is 2.35. The number of hydrogen-bond donors (Lipinski definition) is 1. The molecule has 1 N–H and O–H groups in total. The highest BCUT2D eigenvalue weighted by Crippen LogP contribution is 2.57. The molecule has 19 heavy (non-hydrogen) atoms. The molecule has 0 spiro atoms. The lowest BCUT2D eigenvalue weighted by molar-refractivity contribution is -0.162. The van der Waals surface area contributed by atoms with Gasteiger partial charge in [0, 0.05) is 11.5 Å². The zero-order valence-electron chi connectivity index (χ0n) is 11.7. The van der Waals surface area contributed by atoms with E-state index in [-0.39, 0.29) is 18.7 Å². The molecular weight excluding hydrogens is 240 g/mol.